The molecule has 0 atom stereocenters. The first kappa shape index (κ1) is 22.8. The molecule has 0 radical (unpaired) electrons. The van der Waals surface area contributed by atoms with Gasteiger partial charge in [0.15, 0.2) is 0 Å². The van der Waals surface area contributed by atoms with Crippen LogP contribution in [0.1, 0.15) is 21.5 Å². The molecule has 0 saturated carbocycles. The van der Waals surface area contributed by atoms with Crippen LogP contribution in [0.4, 0.5) is 11.4 Å². The summed E-state index contributed by atoms with van der Waals surface area (Å²) in [5, 5.41) is 20.3. The van der Waals surface area contributed by atoms with Crippen LogP contribution in [0.3, 0.4) is 0 Å². The molecule has 2 N–H and O–H groups in total. The van der Waals surface area contributed by atoms with Crippen molar-refractivity contribution in [2.75, 3.05) is 32.5 Å². The Balaban J connectivity index is 1.61. The van der Waals surface area contributed by atoms with E-state index in [-0.39, 0.29) is 5.91 Å². The molecule has 0 aliphatic carbocycles. The number of ether oxygens (including phenoxy) is 1. The number of hydrogen-bond donors (Lipinski definition) is 2. The molecule has 2 heterocycles. The first-order valence-corrected chi connectivity index (χ1v) is 10.9. The summed E-state index contributed by atoms with van der Waals surface area (Å²) in [6.45, 7) is 3.14. The molecule has 0 saturated heterocycles. The van der Waals surface area contributed by atoms with Crippen molar-refractivity contribution < 1.29 is 9.53 Å². The Hall–Kier alpha value is -4.35. The summed E-state index contributed by atoms with van der Waals surface area (Å²) >= 11 is 0. The molecule has 8 heteroatoms. The van der Waals surface area contributed by atoms with Crippen molar-refractivity contribution in [3.05, 3.63) is 83.7 Å². The van der Waals surface area contributed by atoms with Crippen LogP contribution in [-0.4, -0.2) is 47.6 Å². The summed E-state index contributed by atoms with van der Waals surface area (Å²) in [4.78, 5) is 14.8. The van der Waals surface area contributed by atoms with Crippen molar-refractivity contribution in [3.63, 3.8) is 0 Å². The summed E-state index contributed by atoms with van der Waals surface area (Å²) in [6, 6.07) is 19.2. The fourth-order valence-corrected chi connectivity index (χ4v) is 3.59. The van der Waals surface area contributed by atoms with Crippen molar-refractivity contribution in [1.82, 2.24) is 19.8 Å². The van der Waals surface area contributed by atoms with Gasteiger partial charge in [-0.05, 0) is 63.0 Å². The zero-order valence-electron chi connectivity index (χ0n) is 19.4. The molecule has 0 fully saturated rings. The van der Waals surface area contributed by atoms with Gasteiger partial charge in [0, 0.05) is 25.0 Å². The molecule has 1 amide bonds. The van der Waals surface area contributed by atoms with E-state index in [1.54, 1.807) is 10.7 Å². The van der Waals surface area contributed by atoms with Gasteiger partial charge in [0.2, 0.25) is 0 Å². The average molecular weight is 455 g/mol. The van der Waals surface area contributed by atoms with Crippen LogP contribution in [0.15, 0.2) is 67.0 Å². The Kier molecular flexibility index (Phi) is 6.76. The Morgan fingerprint density at radius 1 is 1.12 bits per heavy atom. The number of nitriles is 1. The van der Waals surface area contributed by atoms with E-state index >= 15 is 0 Å². The summed E-state index contributed by atoms with van der Waals surface area (Å²) in [6.07, 6.45) is 3.19. The third-order valence-electron chi connectivity index (χ3n) is 5.37. The normalized spacial score (nSPS) is 10.8. The number of benzene rings is 2. The van der Waals surface area contributed by atoms with E-state index in [2.05, 4.69) is 21.8 Å². The van der Waals surface area contributed by atoms with Crippen LogP contribution in [0.5, 0.6) is 11.5 Å². The summed E-state index contributed by atoms with van der Waals surface area (Å²) < 4.78 is 7.48. The number of para-hydroxylation sites is 1. The topological polar surface area (TPSA) is 94.7 Å². The summed E-state index contributed by atoms with van der Waals surface area (Å²) in [5.41, 5.74) is 3.72. The number of rotatable bonds is 8. The maximum absolute atomic E-state index is 12.8. The maximum atomic E-state index is 12.8. The number of carbonyl (C=O) groups excluding carboxylic acids is 1. The number of nitrogens with zero attached hydrogens (tertiary/aromatic N) is 4. The number of carbonyl (C=O) groups is 1. The Morgan fingerprint density at radius 3 is 2.50 bits per heavy atom. The minimum Gasteiger partial charge on any atom is -0.457 e. The van der Waals surface area contributed by atoms with Crippen molar-refractivity contribution in [3.8, 4) is 17.6 Å². The lowest BCUT2D eigenvalue weighted by Gasteiger charge is -2.12. The Labute approximate surface area is 198 Å². The van der Waals surface area contributed by atoms with Gasteiger partial charge >= 0.3 is 0 Å². The second-order valence-corrected chi connectivity index (χ2v) is 8.13. The number of likely N-dealkylation sites (N-methyl/N-ethyl adjacent to an activating group) is 1. The predicted octanol–water partition coefficient (Wildman–Crippen LogP) is 4.34. The zero-order valence-corrected chi connectivity index (χ0v) is 19.4. The van der Waals surface area contributed by atoms with E-state index in [1.165, 1.54) is 6.20 Å². The first-order chi connectivity index (χ1) is 16.5. The monoisotopic (exact) mass is 454 g/mol. The van der Waals surface area contributed by atoms with Gasteiger partial charge in [0.1, 0.15) is 17.6 Å². The smallest absolute Gasteiger partial charge is 0.253 e. The molecular formula is C26H26N6O2. The first-order valence-electron chi connectivity index (χ1n) is 10.9. The lowest BCUT2D eigenvalue weighted by atomic mass is 10.1. The van der Waals surface area contributed by atoms with E-state index in [0.29, 0.717) is 34.6 Å². The molecule has 4 rings (SSSR count). The van der Waals surface area contributed by atoms with Gasteiger partial charge in [-0.2, -0.15) is 10.4 Å². The van der Waals surface area contributed by atoms with Crippen LogP contribution in [0.25, 0.3) is 5.52 Å². The molecule has 0 spiro atoms. The quantitative estimate of drug-likeness (QED) is 0.411. The minimum absolute atomic E-state index is 0.170. The van der Waals surface area contributed by atoms with Crippen LogP contribution in [0.2, 0.25) is 0 Å². The van der Waals surface area contributed by atoms with Gasteiger partial charge < -0.3 is 20.3 Å². The van der Waals surface area contributed by atoms with Crippen molar-refractivity contribution in [2.24, 2.45) is 0 Å². The molecule has 172 valence electrons. The minimum atomic E-state index is -0.170. The highest BCUT2D eigenvalue weighted by atomic mass is 16.5. The number of fused-ring (bicyclic) bond motifs is 1. The largest absolute Gasteiger partial charge is 0.457 e. The highest BCUT2D eigenvalue weighted by Crippen LogP contribution is 2.31. The second kappa shape index (κ2) is 10.1. The molecule has 0 bridgehead atoms. The standard InChI is InChI=1S/C26H26N6O2/c1-18-23(26(33)28-13-14-31(2)3)17-32-25(18)24(19(15-27)16-29-32)30-20-9-11-22(12-10-20)34-21-7-5-4-6-8-21/h4-12,16-17,30H,13-14H2,1-3H3,(H,28,33). The van der Waals surface area contributed by atoms with Gasteiger partial charge in [-0.1, -0.05) is 18.2 Å². The number of anilines is 2. The molecular weight excluding hydrogens is 428 g/mol. The van der Waals surface area contributed by atoms with Gasteiger partial charge in [0.05, 0.1) is 28.5 Å². The van der Waals surface area contributed by atoms with Crippen LogP contribution >= 0.6 is 0 Å². The average Bonchev–Trinajstić information content (AvgIpc) is 3.18. The van der Waals surface area contributed by atoms with E-state index in [9.17, 15) is 10.1 Å². The van der Waals surface area contributed by atoms with Crippen LogP contribution in [0, 0.1) is 18.3 Å². The van der Waals surface area contributed by atoms with Gasteiger partial charge in [-0.15, -0.1) is 0 Å². The number of hydrogen-bond acceptors (Lipinski definition) is 6. The summed E-state index contributed by atoms with van der Waals surface area (Å²) in [5.74, 6) is 1.29. The number of amides is 1. The van der Waals surface area contributed by atoms with Crippen LogP contribution in [-0.2, 0) is 0 Å². The molecule has 0 unspecified atom stereocenters. The van der Waals surface area contributed by atoms with Gasteiger partial charge in [-0.25, -0.2) is 4.52 Å². The fourth-order valence-electron chi connectivity index (χ4n) is 3.59. The number of nitrogens with one attached hydrogen (secondary N) is 2. The van der Waals surface area contributed by atoms with E-state index in [0.717, 1.165) is 23.5 Å². The molecule has 0 aliphatic rings. The van der Waals surface area contributed by atoms with E-state index in [4.69, 9.17) is 4.74 Å². The molecule has 2 aromatic heterocycles. The molecule has 4 aromatic rings. The SMILES string of the molecule is Cc1c(C(=O)NCCN(C)C)cn2ncc(C#N)c(Nc3ccc(Oc4ccccc4)cc3)c12. The van der Waals surface area contributed by atoms with Crippen molar-refractivity contribution in [1.29, 1.82) is 5.26 Å². The third-order valence-corrected chi connectivity index (χ3v) is 5.37. The fraction of sp³-hybridized carbons (Fsp3) is 0.192. The summed E-state index contributed by atoms with van der Waals surface area (Å²) in [7, 11) is 3.91. The van der Waals surface area contributed by atoms with E-state index < -0.39 is 0 Å². The molecule has 2 aromatic carbocycles. The van der Waals surface area contributed by atoms with Crippen molar-refractivity contribution in [2.45, 2.75) is 6.92 Å². The number of aryl methyl sites for hydroxylation is 1. The molecule has 0 aliphatic heterocycles. The molecule has 8 nitrogen and oxygen atoms in total. The van der Waals surface area contributed by atoms with Gasteiger partial charge in [-0.3, -0.25) is 4.79 Å². The highest BCUT2D eigenvalue weighted by molar-refractivity contribution is 6.00. The Bertz CT molecular complexity index is 1340. The van der Waals surface area contributed by atoms with Gasteiger partial charge in [0.25, 0.3) is 5.91 Å². The highest BCUT2D eigenvalue weighted by Gasteiger charge is 2.19. The maximum Gasteiger partial charge on any atom is 0.253 e. The lowest BCUT2D eigenvalue weighted by Crippen LogP contribution is -2.31. The molecule has 34 heavy (non-hydrogen) atoms. The van der Waals surface area contributed by atoms with Crippen LogP contribution < -0.4 is 15.4 Å². The Morgan fingerprint density at radius 2 is 1.82 bits per heavy atom. The number of aromatic nitrogens is 2. The zero-order chi connectivity index (χ0) is 24.1. The predicted molar refractivity (Wildman–Crippen MR) is 132 cm³/mol. The van der Waals surface area contributed by atoms with E-state index in [1.807, 2.05) is 80.5 Å². The lowest BCUT2D eigenvalue weighted by molar-refractivity contribution is 0.0950. The van der Waals surface area contributed by atoms with Crippen molar-refractivity contribution >= 4 is 22.8 Å². The third kappa shape index (κ3) is 5.00. The second-order valence-electron chi connectivity index (χ2n) is 8.13.